The van der Waals surface area contributed by atoms with Gasteiger partial charge in [0.15, 0.2) is 0 Å². The molecule has 0 aliphatic rings. The third-order valence-electron chi connectivity index (χ3n) is 2.57. The van der Waals surface area contributed by atoms with E-state index in [1.165, 1.54) is 24.3 Å². The molecule has 0 saturated heterocycles. The molecule has 0 aliphatic heterocycles. The molecule has 0 spiro atoms. The molecule has 1 amide bonds. The minimum Gasteiger partial charge on any atom is -0.508 e. The number of rotatable bonds is 4. The summed E-state index contributed by atoms with van der Waals surface area (Å²) < 4.78 is 24.9. The van der Waals surface area contributed by atoms with Crippen LogP contribution in [0.5, 0.6) is 5.75 Å². The third kappa shape index (κ3) is 4.22. The molecule has 0 aromatic heterocycles. The number of carbonyl (C=O) groups is 1. The highest BCUT2D eigenvalue weighted by Gasteiger charge is 2.13. The van der Waals surface area contributed by atoms with E-state index in [0.29, 0.717) is 5.69 Å². The van der Waals surface area contributed by atoms with Gasteiger partial charge in [0.05, 0.1) is 17.5 Å². The molecule has 0 fully saturated rings. The van der Waals surface area contributed by atoms with E-state index >= 15 is 0 Å². The molecule has 0 bridgehead atoms. The first kappa shape index (κ1) is 14.9. The third-order valence-corrected chi connectivity index (χ3v) is 3.16. The quantitative estimate of drug-likeness (QED) is 0.805. The average Bonchev–Trinajstić information content (AvgIpc) is 2.37. The fourth-order valence-electron chi connectivity index (χ4n) is 1.75. The number of nitrogens with one attached hydrogen (secondary N) is 2. The van der Waals surface area contributed by atoms with Gasteiger partial charge in [-0.25, -0.2) is 8.42 Å². The van der Waals surface area contributed by atoms with Crippen LogP contribution < -0.4 is 10.0 Å². The second kappa shape index (κ2) is 5.84. The van der Waals surface area contributed by atoms with E-state index in [1.54, 1.807) is 24.3 Å². The standard InChI is InChI=1S/C14H14N2O4S/c1-21(19,20)16-13-8-3-2-7-12(13)14(18)15-10-5-4-6-11(17)9-10/h2-9,16-17H,1H3,(H,15,18). The second-order valence-electron chi connectivity index (χ2n) is 4.42. The number of phenolic OH excluding ortho intramolecular Hbond substituents is 1. The summed E-state index contributed by atoms with van der Waals surface area (Å²) in [4.78, 5) is 12.2. The first-order valence-electron chi connectivity index (χ1n) is 6.02. The number of amides is 1. The molecule has 0 aliphatic carbocycles. The molecule has 2 aromatic carbocycles. The molecule has 0 heterocycles. The van der Waals surface area contributed by atoms with Crippen LogP contribution in [0.1, 0.15) is 10.4 Å². The first-order valence-corrected chi connectivity index (χ1v) is 7.91. The van der Waals surface area contributed by atoms with E-state index in [4.69, 9.17) is 0 Å². The summed E-state index contributed by atoms with van der Waals surface area (Å²) in [7, 11) is -3.48. The molecule has 0 radical (unpaired) electrons. The van der Waals surface area contributed by atoms with Crippen LogP contribution in [0.25, 0.3) is 0 Å². The molecule has 110 valence electrons. The highest BCUT2D eigenvalue weighted by Crippen LogP contribution is 2.20. The van der Waals surface area contributed by atoms with E-state index in [9.17, 15) is 18.3 Å². The maximum Gasteiger partial charge on any atom is 0.257 e. The van der Waals surface area contributed by atoms with Crippen molar-refractivity contribution in [3.8, 4) is 5.75 Å². The van der Waals surface area contributed by atoms with Crippen molar-refractivity contribution in [1.29, 1.82) is 0 Å². The van der Waals surface area contributed by atoms with E-state index < -0.39 is 15.9 Å². The monoisotopic (exact) mass is 306 g/mol. The first-order chi connectivity index (χ1) is 9.85. The Balaban J connectivity index is 2.27. The summed E-state index contributed by atoms with van der Waals surface area (Å²) in [5.41, 5.74) is 0.790. The molecule has 0 unspecified atom stereocenters. The summed E-state index contributed by atoms with van der Waals surface area (Å²) in [6.07, 6.45) is 1.01. The number of carbonyl (C=O) groups excluding carboxylic acids is 1. The van der Waals surface area contributed by atoms with Crippen molar-refractivity contribution in [3.63, 3.8) is 0 Å². The SMILES string of the molecule is CS(=O)(=O)Nc1ccccc1C(=O)Nc1cccc(O)c1. The van der Waals surface area contributed by atoms with Gasteiger partial charge in [-0.3, -0.25) is 9.52 Å². The summed E-state index contributed by atoms with van der Waals surface area (Å²) in [6.45, 7) is 0. The maximum absolute atomic E-state index is 12.2. The lowest BCUT2D eigenvalue weighted by atomic mass is 10.1. The van der Waals surface area contributed by atoms with Gasteiger partial charge in [-0.2, -0.15) is 0 Å². The molecule has 0 saturated carbocycles. The number of anilines is 2. The van der Waals surface area contributed by atoms with Gasteiger partial charge in [0.25, 0.3) is 5.91 Å². The Morgan fingerprint density at radius 1 is 1.10 bits per heavy atom. The van der Waals surface area contributed by atoms with Gasteiger partial charge >= 0.3 is 0 Å². The van der Waals surface area contributed by atoms with Crippen LogP contribution in [0.3, 0.4) is 0 Å². The van der Waals surface area contributed by atoms with Gasteiger partial charge < -0.3 is 10.4 Å². The Morgan fingerprint density at radius 2 is 1.81 bits per heavy atom. The van der Waals surface area contributed by atoms with Gasteiger partial charge in [-0.1, -0.05) is 18.2 Å². The van der Waals surface area contributed by atoms with E-state index in [-0.39, 0.29) is 17.0 Å². The van der Waals surface area contributed by atoms with Gasteiger partial charge in [-0.05, 0) is 24.3 Å². The molecule has 21 heavy (non-hydrogen) atoms. The van der Waals surface area contributed by atoms with Crippen LogP contribution in [0.4, 0.5) is 11.4 Å². The molecule has 6 nitrogen and oxygen atoms in total. The minimum absolute atomic E-state index is 0.0235. The lowest BCUT2D eigenvalue weighted by Crippen LogP contribution is -2.17. The number of aromatic hydroxyl groups is 1. The Kier molecular flexibility index (Phi) is 4.13. The van der Waals surface area contributed by atoms with Crippen LogP contribution >= 0.6 is 0 Å². The van der Waals surface area contributed by atoms with E-state index in [1.807, 2.05) is 0 Å². The summed E-state index contributed by atoms with van der Waals surface area (Å²) >= 11 is 0. The number of sulfonamides is 1. The number of hydrogen-bond acceptors (Lipinski definition) is 4. The molecule has 3 N–H and O–H groups in total. The van der Waals surface area contributed by atoms with Crippen molar-refractivity contribution >= 4 is 27.3 Å². The zero-order chi connectivity index (χ0) is 15.5. The molecule has 7 heteroatoms. The van der Waals surface area contributed by atoms with Crippen LogP contribution in [0.15, 0.2) is 48.5 Å². The molecular formula is C14H14N2O4S. The van der Waals surface area contributed by atoms with Crippen molar-refractivity contribution in [3.05, 3.63) is 54.1 Å². The predicted octanol–water partition coefficient (Wildman–Crippen LogP) is 2.02. The number of hydrogen-bond donors (Lipinski definition) is 3. The molecule has 2 aromatic rings. The highest BCUT2D eigenvalue weighted by molar-refractivity contribution is 7.92. The Hall–Kier alpha value is -2.54. The lowest BCUT2D eigenvalue weighted by molar-refractivity contribution is 0.102. The van der Waals surface area contributed by atoms with E-state index in [2.05, 4.69) is 10.0 Å². The summed E-state index contributed by atoms with van der Waals surface area (Å²) in [6, 6.07) is 12.3. The van der Waals surface area contributed by atoms with Gasteiger partial charge in [-0.15, -0.1) is 0 Å². The van der Waals surface area contributed by atoms with Gasteiger partial charge in [0.2, 0.25) is 10.0 Å². The number of phenols is 1. The molecule has 0 atom stereocenters. The smallest absolute Gasteiger partial charge is 0.257 e. The second-order valence-corrected chi connectivity index (χ2v) is 6.17. The highest BCUT2D eigenvalue weighted by atomic mass is 32.2. The molecular weight excluding hydrogens is 292 g/mol. The van der Waals surface area contributed by atoms with Crippen molar-refractivity contribution < 1.29 is 18.3 Å². The van der Waals surface area contributed by atoms with Crippen molar-refractivity contribution in [2.75, 3.05) is 16.3 Å². The molecule has 2 rings (SSSR count). The van der Waals surface area contributed by atoms with E-state index in [0.717, 1.165) is 6.26 Å². The predicted molar refractivity (Wildman–Crippen MR) is 81.0 cm³/mol. The van der Waals surface area contributed by atoms with Crippen LogP contribution in [0.2, 0.25) is 0 Å². The minimum atomic E-state index is -3.48. The topological polar surface area (TPSA) is 95.5 Å². The van der Waals surface area contributed by atoms with Crippen molar-refractivity contribution in [2.45, 2.75) is 0 Å². The number of benzene rings is 2. The lowest BCUT2D eigenvalue weighted by Gasteiger charge is -2.11. The fourth-order valence-corrected chi connectivity index (χ4v) is 2.33. The van der Waals surface area contributed by atoms with Crippen LogP contribution in [-0.2, 0) is 10.0 Å². The fraction of sp³-hybridized carbons (Fsp3) is 0.0714. The maximum atomic E-state index is 12.2. The normalized spacial score (nSPS) is 10.9. The van der Waals surface area contributed by atoms with Gasteiger partial charge in [0, 0.05) is 11.8 Å². The Bertz CT molecular complexity index is 772. The summed E-state index contributed by atoms with van der Waals surface area (Å²) in [5, 5.41) is 12.0. The Labute approximate surface area is 122 Å². The van der Waals surface area contributed by atoms with Crippen molar-refractivity contribution in [2.24, 2.45) is 0 Å². The average molecular weight is 306 g/mol. The zero-order valence-electron chi connectivity index (χ0n) is 11.2. The number of para-hydroxylation sites is 1. The summed E-state index contributed by atoms with van der Waals surface area (Å²) in [5.74, 6) is -0.456. The van der Waals surface area contributed by atoms with Gasteiger partial charge in [0.1, 0.15) is 5.75 Å². The Morgan fingerprint density at radius 3 is 2.48 bits per heavy atom. The van der Waals surface area contributed by atoms with Crippen LogP contribution in [-0.4, -0.2) is 25.7 Å². The van der Waals surface area contributed by atoms with Crippen molar-refractivity contribution in [1.82, 2.24) is 0 Å². The zero-order valence-corrected chi connectivity index (χ0v) is 12.0. The largest absolute Gasteiger partial charge is 0.508 e. The van der Waals surface area contributed by atoms with Crippen LogP contribution in [0, 0.1) is 0 Å².